The van der Waals surface area contributed by atoms with Gasteiger partial charge in [-0.15, -0.1) is 0 Å². The van der Waals surface area contributed by atoms with E-state index in [1.807, 2.05) is 42.5 Å². The maximum atomic E-state index is 13.4. The zero-order valence-corrected chi connectivity index (χ0v) is 16.1. The molecule has 1 unspecified atom stereocenters. The first-order valence-corrected chi connectivity index (χ1v) is 9.06. The highest BCUT2D eigenvalue weighted by Crippen LogP contribution is 2.31. The molecule has 0 spiro atoms. The van der Waals surface area contributed by atoms with E-state index in [-0.39, 0.29) is 5.91 Å². The number of hydrogen-bond donors (Lipinski definition) is 1. The van der Waals surface area contributed by atoms with Crippen LogP contribution in [0.1, 0.15) is 11.6 Å². The Morgan fingerprint density at radius 3 is 2.59 bits per heavy atom. The van der Waals surface area contributed by atoms with Gasteiger partial charge in [-0.2, -0.15) is 0 Å². The first-order chi connectivity index (χ1) is 14.2. The number of hydrogen-bond acceptors (Lipinski definition) is 5. The molecule has 29 heavy (non-hydrogen) atoms. The van der Waals surface area contributed by atoms with Gasteiger partial charge in [0.05, 0.1) is 26.2 Å². The minimum atomic E-state index is -0.650. The number of imidazole rings is 1. The van der Waals surface area contributed by atoms with Crippen molar-refractivity contribution in [1.29, 1.82) is 0 Å². The molecule has 0 saturated heterocycles. The summed E-state index contributed by atoms with van der Waals surface area (Å²) in [7, 11) is 3.13. The molecule has 0 saturated carbocycles. The second-order valence-electron chi connectivity index (χ2n) is 6.37. The SMILES string of the molecule is COc1ccc(NC(=O)C(c2ccccc2)n2cnc3cccnc32)c(OC)c1. The summed E-state index contributed by atoms with van der Waals surface area (Å²) in [6.07, 6.45) is 3.33. The van der Waals surface area contributed by atoms with E-state index in [0.29, 0.717) is 22.8 Å². The van der Waals surface area contributed by atoms with E-state index < -0.39 is 6.04 Å². The number of carbonyl (C=O) groups is 1. The van der Waals surface area contributed by atoms with Crippen molar-refractivity contribution in [2.24, 2.45) is 0 Å². The largest absolute Gasteiger partial charge is 0.497 e. The second-order valence-corrected chi connectivity index (χ2v) is 6.37. The fourth-order valence-corrected chi connectivity index (χ4v) is 3.23. The topological polar surface area (TPSA) is 78.3 Å². The Kier molecular flexibility index (Phi) is 5.11. The number of pyridine rings is 1. The third-order valence-corrected chi connectivity index (χ3v) is 4.64. The van der Waals surface area contributed by atoms with Crippen molar-refractivity contribution >= 4 is 22.8 Å². The van der Waals surface area contributed by atoms with E-state index in [0.717, 1.165) is 11.1 Å². The molecule has 1 atom stereocenters. The quantitative estimate of drug-likeness (QED) is 0.545. The van der Waals surface area contributed by atoms with Crippen LogP contribution in [-0.2, 0) is 4.79 Å². The number of ether oxygens (including phenoxy) is 2. The van der Waals surface area contributed by atoms with E-state index in [9.17, 15) is 4.79 Å². The molecule has 2 aromatic heterocycles. The summed E-state index contributed by atoms with van der Waals surface area (Å²) < 4.78 is 12.4. The minimum absolute atomic E-state index is 0.232. The molecule has 0 aliphatic carbocycles. The lowest BCUT2D eigenvalue weighted by atomic mass is 10.1. The summed E-state index contributed by atoms with van der Waals surface area (Å²) in [5.41, 5.74) is 2.74. The fraction of sp³-hybridized carbons (Fsp3) is 0.136. The molecule has 2 heterocycles. The van der Waals surface area contributed by atoms with Gasteiger partial charge in [0.15, 0.2) is 5.65 Å². The average Bonchev–Trinajstić information content (AvgIpc) is 3.19. The summed E-state index contributed by atoms with van der Waals surface area (Å²) in [4.78, 5) is 22.2. The molecule has 1 N–H and O–H groups in total. The Labute approximate surface area is 167 Å². The molecule has 7 heteroatoms. The highest BCUT2D eigenvalue weighted by atomic mass is 16.5. The van der Waals surface area contributed by atoms with Crippen LogP contribution < -0.4 is 14.8 Å². The predicted octanol–water partition coefficient (Wildman–Crippen LogP) is 3.68. The maximum absolute atomic E-state index is 13.4. The number of amides is 1. The summed E-state index contributed by atoms with van der Waals surface area (Å²) in [5.74, 6) is 0.923. The standard InChI is InChI=1S/C22H20N4O3/c1-28-16-10-11-17(19(13-16)29-2)25-22(27)20(15-7-4-3-5-8-15)26-14-24-18-9-6-12-23-21(18)26/h3-14,20H,1-2H3,(H,25,27). The molecule has 4 aromatic rings. The van der Waals surface area contributed by atoms with Crippen molar-refractivity contribution < 1.29 is 14.3 Å². The van der Waals surface area contributed by atoms with E-state index in [2.05, 4.69) is 15.3 Å². The Hall–Kier alpha value is -3.87. The summed E-state index contributed by atoms with van der Waals surface area (Å²) >= 11 is 0. The van der Waals surface area contributed by atoms with Crippen LogP contribution in [0.2, 0.25) is 0 Å². The summed E-state index contributed by atoms with van der Waals surface area (Å²) in [6.45, 7) is 0. The number of fused-ring (bicyclic) bond motifs is 1. The van der Waals surface area contributed by atoms with Crippen molar-refractivity contribution in [2.75, 3.05) is 19.5 Å². The average molecular weight is 388 g/mol. The van der Waals surface area contributed by atoms with Gasteiger partial charge in [-0.1, -0.05) is 30.3 Å². The number of rotatable bonds is 6. The Morgan fingerprint density at radius 1 is 1.00 bits per heavy atom. The van der Waals surface area contributed by atoms with Gasteiger partial charge < -0.3 is 14.8 Å². The van der Waals surface area contributed by atoms with Gasteiger partial charge in [0.1, 0.15) is 23.1 Å². The molecule has 2 aromatic carbocycles. The molecule has 0 bridgehead atoms. The number of nitrogens with zero attached hydrogens (tertiary/aromatic N) is 3. The smallest absolute Gasteiger partial charge is 0.252 e. The van der Waals surface area contributed by atoms with E-state index in [4.69, 9.17) is 9.47 Å². The lowest BCUT2D eigenvalue weighted by molar-refractivity contribution is -0.118. The van der Waals surface area contributed by atoms with E-state index in [1.165, 1.54) is 0 Å². The van der Waals surface area contributed by atoms with Crippen LogP contribution in [0.5, 0.6) is 11.5 Å². The first-order valence-electron chi connectivity index (χ1n) is 9.06. The van der Waals surface area contributed by atoms with Crippen molar-refractivity contribution in [2.45, 2.75) is 6.04 Å². The van der Waals surface area contributed by atoms with Crippen molar-refractivity contribution in [3.8, 4) is 11.5 Å². The van der Waals surface area contributed by atoms with Gasteiger partial charge in [-0.25, -0.2) is 9.97 Å². The van der Waals surface area contributed by atoms with E-state index >= 15 is 0 Å². The highest BCUT2D eigenvalue weighted by molar-refractivity contribution is 5.97. The zero-order chi connectivity index (χ0) is 20.2. The maximum Gasteiger partial charge on any atom is 0.252 e. The van der Waals surface area contributed by atoms with Crippen molar-refractivity contribution in [1.82, 2.24) is 14.5 Å². The minimum Gasteiger partial charge on any atom is -0.497 e. The van der Waals surface area contributed by atoms with Gasteiger partial charge in [0.25, 0.3) is 5.91 Å². The lowest BCUT2D eigenvalue weighted by Gasteiger charge is -2.20. The van der Waals surface area contributed by atoms with Crippen molar-refractivity contribution in [3.05, 3.63) is 78.8 Å². The molecule has 146 valence electrons. The van der Waals surface area contributed by atoms with Gasteiger partial charge in [-0.05, 0) is 29.8 Å². The Balaban J connectivity index is 1.75. The predicted molar refractivity (Wildman–Crippen MR) is 110 cm³/mol. The van der Waals surface area contributed by atoms with Crippen LogP contribution in [0.25, 0.3) is 11.2 Å². The normalized spacial score (nSPS) is 11.8. The number of benzene rings is 2. The number of aromatic nitrogens is 3. The number of nitrogens with one attached hydrogen (secondary N) is 1. The van der Waals surface area contributed by atoms with Crippen LogP contribution in [0.3, 0.4) is 0 Å². The molecule has 0 aliphatic heterocycles. The molecule has 0 aliphatic rings. The van der Waals surface area contributed by atoms with Gasteiger partial charge in [0, 0.05) is 12.3 Å². The van der Waals surface area contributed by atoms with E-state index in [1.54, 1.807) is 49.5 Å². The molecule has 0 fully saturated rings. The van der Waals surface area contributed by atoms with Crippen LogP contribution in [0.15, 0.2) is 73.2 Å². The summed E-state index contributed by atoms with van der Waals surface area (Å²) in [6, 6.07) is 17.8. The monoisotopic (exact) mass is 388 g/mol. The zero-order valence-electron chi connectivity index (χ0n) is 16.1. The van der Waals surface area contributed by atoms with Crippen LogP contribution in [0.4, 0.5) is 5.69 Å². The third-order valence-electron chi connectivity index (χ3n) is 4.64. The van der Waals surface area contributed by atoms with Crippen molar-refractivity contribution in [3.63, 3.8) is 0 Å². The van der Waals surface area contributed by atoms with Crippen LogP contribution in [-0.4, -0.2) is 34.7 Å². The third kappa shape index (κ3) is 3.62. The van der Waals surface area contributed by atoms with Gasteiger partial charge in [-0.3, -0.25) is 9.36 Å². The summed E-state index contributed by atoms with van der Waals surface area (Å²) in [5, 5.41) is 2.97. The van der Waals surface area contributed by atoms with Gasteiger partial charge in [0.2, 0.25) is 0 Å². The Morgan fingerprint density at radius 2 is 1.83 bits per heavy atom. The number of anilines is 1. The molecule has 0 radical (unpaired) electrons. The molecule has 4 rings (SSSR count). The first kappa shape index (κ1) is 18.5. The van der Waals surface area contributed by atoms with Crippen LogP contribution >= 0.6 is 0 Å². The molecule has 1 amide bonds. The van der Waals surface area contributed by atoms with Crippen LogP contribution in [0, 0.1) is 0 Å². The van der Waals surface area contributed by atoms with Gasteiger partial charge >= 0.3 is 0 Å². The molecule has 7 nitrogen and oxygen atoms in total. The highest BCUT2D eigenvalue weighted by Gasteiger charge is 2.25. The molecular weight excluding hydrogens is 368 g/mol. The second kappa shape index (κ2) is 8.02. The lowest BCUT2D eigenvalue weighted by Crippen LogP contribution is -2.27. The Bertz CT molecular complexity index is 1140. The number of carbonyl (C=O) groups excluding carboxylic acids is 1. The number of methoxy groups -OCH3 is 2. The fourth-order valence-electron chi connectivity index (χ4n) is 3.23. The molecular formula is C22H20N4O3.